The minimum Gasteiger partial charge on any atom is -0.392 e. The van der Waals surface area contributed by atoms with Crippen molar-refractivity contribution >= 4 is 15.5 Å². The summed E-state index contributed by atoms with van der Waals surface area (Å²) in [5.41, 5.74) is 0.721. The zero-order valence-electron chi connectivity index (χ0n) is 19.9. The summed E-state index contributed by atoms with van der Waals surface area (Å²) < 4.78 is 55.5. The molecule has 4 nitrogen and oxygen atoms in total. The largest absolute Gasteiger partial charge is 0.392 e. The van der Waals surface area contributed by atoms with Gasteiger partial charge < -0.3 is 10.0 Å². The monoisotopic (exact) mass is 479 g/mol. The second-order valence-electron chi connectivity index (χ2n) is 9.54. The first kappa shape index (κ1) is 25.6. The summed E-state index contributed by atoms with van der Waals surface area (Å²) in [5, 5.41) is 11.9. The van der Waals surface area contributed by atoms with Crippen LogP contribution in [0.2, 0.25) is 0 Å². The number of benzene rings is 2. The van der Waals surface area contributed by atoms with Gasteiger partial charge in [0.2, 0.25) is 0 Å². The van der Waals surface area contributed by atoms with Gasteiger partial charge >= 0.3 is 0 Å². The van der Waals surface area contributed by atoms with Crippen LogP contribution < -0.4 is 4.90 Å². The third kappa shape index (κ3) is 5.09. The molecular formula is C26H35F2NO3S. The first-order valence-electron chi connectivity index (χ1n) is 11.7. The highest BCUT2D eigenvalue weighted by Gasteiger charge is 2.49. The van der Waals surface area contributed by atoms with E-state index in [1.165, 1.54) is 6.07 Å². The molecule has 1 N–H and O–H groups in total. The highest BCUT2D eigenvalue weighted by molar-refractivity contribution is 7.91. The van der Waals surface area contributed by atoms with Crippen molar-refractivity contribution in [3.63, 3.8) is 0 Å². The van der Waals surface area contributed by atoms with E-state index in [1.807, 2.05) is 32.8 Å². The molecule has 3 rings (SSSR count). The Bertz CT molecular complexity index is 1080. The Morgan fingerprint density at radius 3 is 2.18 bits per heavy atom. The summed E-state index contributed by atoms with van der Waals surface area (Å²) in [4.78, 5) is 2.02. The Kier molecular flexibility index (Phi) is 7.84. The topological polar surface area (TPSA) is 57.6 Å². The molecule has 0 amide bonds. The average Bonchev–Trinajstić information content (AvgIpc) is 2.84. The predicted molar refractivity (Wildman–Crippen MR) is 129 cm³/mol. The standard InChI is InChI=1S/C26H35F2NO3S/c1-5-7-13-26(14-8-6-2)17-33(31,32)23-12-10-19(29(3)4)16-20(23)24(25(26)30)18-9-11-21(27)22(28)15-18/h9-12,15-16,24-25,30H,5-8,13-14,17H2,1-4H3/t24-,25-/m1/s1. The molecule has 2 aromatic carbocycles. The molecule has 0 saturated carbocycles. The van der Waals surface area contributed by atoms with E-state index in [4.69, 9.17) is 0 Å². The number of halogens is 2. The summed E-state index contributed by atoms with van der Waals surface area (Å²) in [7, 11) is -0.0280. The first-order valence-corrected chi connectivity index (χ1v) is 13.4. The maximum absolute atomic E-state index is 14.3. The van der Waals surface area contributed by atoms with Gasteiger partial charge in [0, 0.05) is 31.1 Å². The quantitative estimate of drug-likeness (QED) is 0.529. The van der Waals surface area contributed by atoms with E-state index in [-0.39, 0.29) is 10.6 Å². The maximum atomic E-state index is 14.3. The van der Waals surface area contributed by atoms with E-state index in [0.29, 0.717) is 24.0 Å². The van der Waals surface area contributed by atoms with Crippen molar-refractivity contribution in [1.82, 2.24) is 0 Å². The number of aliphatic hydroxyl groups is 1. The van der Waals surface area contributed by atoms with Gasteiger partial charge in [-0.15, -0.1) is 0 Å². The molecule has 0 aromatic heterocycles. The molecule has 0 fully saturated rings. The molecule has 2 aromatic rings. The van der Waals surface area contributed by atoms with E-state index in [1.54, 1.807) is 18.2 Å². The Labute approximate surface area is 196 Å². The van der Waals surface area contributed by atoms with Gasteiger partial charge in [0.25, 0.3) is 0 Å². The van der Waals surface area contributed by atoms with Crippen molar-refractivity contribution in [1.29, 1.82) is 0 Å². The van der Waals surface area contributed by atoms with Gasteiger partial charge in [0.05, 0.1) is 16.8 Å². The second-order valence-corrected chi connectivity index (χ2v) is 11.5. The van der Waals surface area contributed by atoms with Gasteiger partial charge in [-0.3, -0.25) is 0 Å². The molecule has 1 aliphatic rings. The molecule has 0 radical (unpaired) electrons. The van der Waals surface area contributed by atoms with Gasteiger partial charge in [-0.05, 0) is 54.3 Å². The summed E-state index contributed by atoms with van der Waals surface area (Å²) in [6.45, 7) is 4.08. The van der Waals surface area contributed by atoms with Crippen molar-refractivity contribution in [2.24, 2.45) is 5.41 Å². The predicted octanol–water partition coefficient (Wildman–Crippen LogP) is 5.68. The summed E-state index contributed by atoms with van der Waals surface area (Å²) in [6, 6.07) is 8.70. The zero-order chi connectivity index (χ0) is 24.4. The molecule has 1 aliphatic heterocycles. The summed E-state index contributed by atoms with van der Waals surface area (Å²) in [6.07, 6.45) is 3.34. The third-order valence-corrected chi connectivity index (χ3v) is 8.96. The molecular weight excluding hydrogens is 444 g/mol. The van der Waals surface area contributed by atoms with E-state index in [0.717, 1.165) is 43.5 Å². The third-order valence-electron chi connectivity index (χ3n) is 6.96. The number of aliphatic hydroxyl groups excluding tert-OH is 1. The molecule has 7 heteroatoms. The molecule has 182 valence electrons. The van der Waals surface area contributed by atoms with Crippen LogP contribution >= 0.6 is 0 Å². The Morgan fingerprint density at radius 1 is 1.00 bits per heavy atom. The number of anilines is 1. The number of hydrogen-bond acceptors (Lipinski definition) is 4. The molecule has 0 saturated heterocycles. The van der Waals surface area contributed by atoms with Crippen LogP contribution in [0.1, 0.15) is 69.4 Å². The highest BCUT2D eigenvalue weighted by Crippen LogP contribution is 2.50. The van der Waals surface area contributed by atoms with Gasteiger partial charge in [-0.1, -0.05) is 45.6 Å². The van der Waals surface area contributed by atoms with E-state index in [2.05, 4.69) is 0 Å². The Hall–Kier alpha value is -1.99. The fourth-order valence-corrected chi connectivity index (χ4v) is 7.29. The molecule has 0 bridgehead atoms. The molecule has 0 spiro atoms. The van der Waals surface area contributed by atoms with Crippen molar-refractivity contribution < 1.29 is 22.3 Å². The fraction of sp³-hybridized carbons (Fsp3) is 0.538. The number of unbranched alkanes of at least 4 members (excludes halogenated alkanes) is 2. The molecule has 2 atom stereocenters. The van der Waals surface area contributed by atoms with E-state index >= 15 is 0 Å². The van der Waals surface area contributed by atoms with Crippen LogP contribution in [-0.2, 0) is 9.84 Å². The van der Waals surface area contributed by atoms with Gasteiger partial charge in [-0.25, -0.2) is 17.2 Å². The Balaban J connectivity index is 2.33. The van der Waals surface area contributed by atoms with Crippen molar-refractivity contribution in [3.8, 4) is 0 Å². The van der Waals surface area contributed by atoms with Crippen LogP contribution in [0.25, 0.3) is 0 Å². The molecule has 33 heavy (non-hydrogen) atoms. The minimum absolute atomic E-state index is 0.157. The zero-order valence-corrected chi connectivity index (χ0v) is 20.8. The minimum atomic E-state index is -3.73. The average molecular weight is 480 g/mol. The number of rotatable bonds is 8. The van der Waals surface area contributed by atoms with Crippen LogP contribution in [0.15, 0.2) is 41.3 Å². The number of hydrogen-bond donors (Lipinski definition) is 1. The lowest BCUT2D eigenvalue weighted by molar-refractivity contribution is 0.0126. The fourth-order valence-electron chi connectivity index (χ4n) is 5.10. The smallest absolute Gasteiger partial charge is 0.179 e. The normalized spacial score (nSPS) is 21.3. The summed E-state index contributed by atoms with van der Waals surface area (Å²) in [5.74, 6) is -2.93. The summed E-state index contributed by atoms with van der Waals surface area (Å²) >= 11 is 0. The van der Waals surface area contributed by atoms with Crippen LogP contribution in [0.5, 0.6) is 0 Å². The number of nitrogens with zero attached hydrogens (tertiary/aromatic N) is 1. The van der Waals surface area contributed by atoms with Gasteiger partial charge in [-0.2, -0.15) is 0 Å². The van der Waals surface area contributed by atoms with Crippen LogP contribution in [-0.4, -0.2) is 39.5 Å². The van der Waals surface area contributed by atoms with Crippen molar-refractivity contribution in [3.05, 3.63) is 59.2 Å². The van der Waals surface area contributed by atoms with E-state index < -0.39 is 38.9 Å². The van der Waals surface area contributed by atoms with Crippen LogP contribution in [0, 0.1) is 17.0 Å². The molecule has 0 unspecified atom stereocenters. The SMILES string of the molecule is CCCCC1(CCCC)CS(=O)(=O)c2ccc(N(C)C)cc2[C@@H](c2ccc(F)c(F)c2)[C@H]1O. The number of fused-ring (bicyclic) bond motifs is 1. The van der Waals surface area contributed by atoms with Crippen molar-refractivity contribution in [2.45, 2.75) is 69.3 Å². The van der Waals surface area contributed by atoms with Crippen LogP contribution in [0.4, 0.5) is 14.5 Å². The molecule has 0 aliphatic carbocycles. The lowest BCUT2D eigenvalue weighted by atomic mass is 9.68. The molecule has 1 heterocycles. The van der Waals surface area contributed by atoms with E-state index in [9.17, 15) is 22.3 Å². The Morgan fingerprint density at radius 2 is 1.64 bits per heavy atom. The lowest BCUT2D eigenvalue weighted by Gasteiger charge is -2.40. The van der Waals surface area contributed by atoms with Crippen LogP contribution in [0.3, 0.4) is 0 Å². The highest BCUT2D eigenvalue weighted by atomic mass is 32.2. The maximum Gasteiger partial charge on any atom is 0.179 e. The first-order chi connectivity index (χ1) is 15.6. The lowest BCUT2D eigenvalue weighted by Crippen LogP contribution is -2.43. The van der Waals surface area contributed by atoms with Crippen molar-refractivity contribution in [2.75, 3.05) is 24.7 Å². The second kappa shape index (κ2) is 10.1. The van der Waals surface area contributed by atoms with Gasteiger partial charge in [0.15, 0.2) is 21.5 Å². The van der Waals surface area contributed by atoms with Gasteiger partial charge in [0.1, 0.15) is 0 Å². The number of sulfone groups is 1.